The summed E-state index contributed by atoms with van der Waals surface area (Å²) in [6, 6.07) is 13.7. The summed E-state index contributed by atoms with van der Waals surface area (Å²) in [4.78, 5) is 30.0. The van der Waals surface area contributed by atoms with Crippen molar-refractivity contribution in [1.82, 2.24) is 15.2 Å². The predicted molar refractivity (Wildman–Crippen MR) is 91.2 cm³/mol. The highest BCUT2D eigenvalue weighted by atomic mass is 16.2. The van der Waals surface area contributed by atoms with E-state index in [-0.39, 0.29) is 17.9 Å². The first-order valence-corrected chi connectivity index (χ1v) is 8.20. The molecule has 1 unspecified atom stereocenters. The molecule has 1 aliphatic rings. The number of hydrogen-bond donors (Lipinski definition) is 1. The maximum Gasteiger partial charge on any atom is 0.224 e. The fourth-order valence-electron chi connectivity index (χ4n) is 2.96. The average Bonchev–Trinajstić information content (AvgIpc) is 2.94. The van der Waals surface area contributed by atoms with Crippen LogP contribution in [0.3, 0.4) is 0 Å². The van der Waals surface area contributed by atoms with Crippen LogP contribution in [0.4, 0.5) is 0 Å². The van der Waals surface area contributed by atoms with E-state index in [0.717, 1.165) is 12.0 Å². The van der Waals surface area contributed by atoms with Gasteiger partial charge >= 0.3 is 0 Å². The number of hydrogen-bond acceptors (Lipinski definition) is 3. The molecule has 0 aliphatic carbocycles. The van der Waals surface area contributed by atoms with Crippen LogP contribution in [0.2, 0.25) is 0 Å². The number of pyridine rings is 1. The lowest BCUT2D eigenvalue weighted by Crippen LogP contribution is -2.38. The minimum Gasteiger partial charge on any atom is -0.351 e. The normalized spacial score (nSPS) is 17.1. The molecule has 0 radical (unpaired) electrons. The summed E-state index contributed by atoms with van der Waals surface area (Å²) in [5, 5.41) is 2.96. The van der Waals surface area contributed by atoms with Gasteiger partial charge in [-0.2, -0.15) is 0 Å². The maximum absolute atomic E-state index is 12.1. The number of likely N-dealkylation sites (tertiary alicyclic amines) is 1. The summed E-state index contributed by atoms with van der Waals surface area (Å²) in [6.45, 7) is 1.28. The maximum atomic E-state index is 12.1. The fraction of sp³-hybridized carbons (Fsp3) is 0.316. The van der Waals surface area contributed by atoms with Crippen molar-refractivity contribution in [2.45, 2.75) is 25.3 Å². The highest BCUT2D eigenvalue weighted by Gasteiger charge is 2.30. The zero-order chi connectivity index (χ0) is 16.8. The third-order valence-electron chi connectivity index (χ3n) is 4.18. The number of nitrogens with zero attached hydrogens (tertiary/aromatic N) is 2. The summed E-state index contributed by atoms with van der Waals surface area (Å²) in [6.07, 6.45) is 4.88. The van der Waals surface area contributed by atoms with Crippen LogP contribution in [-0.4, -0.2) is 40.8 Å². The van der Waals surface area contributed by atoms with Gasteiger partial charge in [0.05, 0.1) is 12.5 Å². The zero-order valence-corrected chi connectivity index (χ0v) is 13.5. The molecule has 3 rings (SSSR count). The van der Waals surface area contributed by atoms with Crippen LogP contribution in [-0.2, 0) is 22.4 Å². The molecule has 1 aromatic heterocycles. The van der Waals surface area contributed by atoms with Crippen LogP contribution < -0.4 is 5.32 Å². The number of carbonyl (C=O) groups excluding carboxylic acids is 2. The van der Waals surface area contributed by atoms with E-state index in [4.69, 9.17) is 0 Å². The number of carbonyl (C=O) groups is 2. The van der Waals surface area contributed by atoms with Gasteiger partial charge in [-0.25, -0.2) is 0 Å². The standard InChI is InChI=1S/C19H21N3O2/c23-18(11-16-7-4-9-20-13-16)21-17-12-19(24)22(14-17)10-8-15-5-2-1-3-6-15/h1-7,9,13,17H,8,10-12,14H2,(H,21,23). The van der Waals surface area contributed by atoms with Crippen LogP contribution >= 0.6 is 0 Å². The first-order valence-electron chi connectivity index (χ1n) is 8.20. The molecule has 2 amide bonds. The van der Waals surface area contributed by atoms with Crippen molar-refractivity contribution in [3.8, 4) is 0 Å². The molecule has 24 heavy (non-hydrogen) atoms. The third-order valence-corrected chi connectivity index (χ3v) is 4.18. The molecule has 1 aromatic carbocycles. The minimum atomic E-state index is -0.0996. The Kier molecular flexibility index (Phi) is 5.21. The van der Waals surface area contributed by atoms with Gasteiger partial charge in [0, 0.05) is 31.9 Å². The Morgan fingerprint density at radius 3 is 2.71 bits per heavy atom. The lowest BCUT2D eigenvalue weighted by Gasteiger charge is -2.17. The number of nitrogens with one attached hydrogen (secondary N) is 1. The smallest absolute Gasteiger partial charge is 0.224 e. The minimum absolute atomic E-state index is 0.0642. The zero-order valence-electron chi connectivity index (χ0n) is 13.5. The molecule has 1 atom stereocenters. The van der Waals surface area contributed by atoms with Crippen molar-refractivity contribution < 1.29 is 9.59 Å². The second-order valence-electron chi connectivity index (χ2n) is 6.08. The molecule has 2 heterocycles. The van der Waals surface area contributed by atoms with Gasteiger partial charge in [0.1, 0.15) is 0 Å². The Morgan fingerprint density at radius 2 is 1.96 bits per heavy atom. The molecular weight excluding hydrogens is 302 g/mol. The Morgan fingerprint density at radius 1 is 1.17 bits per heavy atom. The summed E-state index contributed by atoms with van der Waals surface area (Å²) in [5.41, 5.74) is 2.09. The molecule has 1 N–H and O–H groups in total. The van der Waals surface area contributed by atoms with Crippen molar-refractivity contribution in [1.29, 1.82) is 0 Å². The molecule has 5 heteroatoms. The van der Waals surface area contributed by atoms with Gasteiger partial charge in [0.15, 0.2) is 0 Å². The van der Waals surface area contributed by atoms with Gasteiger partial charge in [0.25, 0.3) is 0 Å². The first-order chi connectivity index (χ1) is 11.7. The van der Waals surface area contributed by atoms with Gasteiger partial charge in [-0.1, -0.05) is 36.4 Å². The largest absolute Gasteiger partial charge is 0.351 e. The van der Waals surface area contributed by atoms with Gasteiger partial charge in [-0.05, 0) is 23.6 Å². The van der Waals surface area contributed by atoms with Crippen LogP contribution in [0.5, 0.6) is 0 Å². The second kappa shape index (κ2) is 7.73. The Hall–Kier alpha value is -2.69. The van der Waals surface area contributed by atoms with Crippen molar-refractivity contribution >= 4 is 11.8 Å². The van der Waals surface area contributed by atoms with Crippen molar-refractivity contribution in [3.05, 3.63) is 66.0 Å². The van der Waals surface area contributed by atoms with Crippen molar-refractivity contribution in [2.75, 3.05) is 13.1 Å². The van der Waals surface area contributed by atoms with Gasteiger partial charge in [-0.3, -0.25) is 14.6 Å². The fourth-order valence-corrected chi connectivity index (χ4v) is 2.96. The first kappa shape index (κ1) is 16.2. The number of rotatable bonds is 6. The lowest BCUT2D eigenvalue weighted by molar-refractivity contribution is -0.127. The highest BCUT2D eigenvalue weighted by Crippen LogP contribution is 2.13. The summed E-state index contributed by atoms with van der Waals surface area (Å²) in [7, 11) is 0. The van der Waals surface area contributed by atoms with Crippen molar-refractivity contribution in [2.24, 2.45) is 0 Å². The van der Waals surface area contributed by atoms with Crippen LogP contribution in [0.25, 0.3) is 0 Å². The lowest BCUT2D eigenvalue weighted by atomic mass is 10.1. The second-order valence-corrected chi connectivity index (χ2v) is 6.08. The molecule has 1 saturated heterocycles. The third kappa shape index (κ3) is 4.41. The number of amides is 2. The molecule has 1 aliphatic heterocycles. The number of benzene rings is 1. The van der Waals surface area contributed by atoms with E-state index in [9.17, 15) is 9.59 Å². The van der Waals surface area contributed by atoms with Gasteiger partial charge < -0.3 is 10.2 Å². The molecule has 0 saturated carbocycles. The van der Waals surface area contributed by atoms with E-state index in [2.05, 4.69) is 22.4 Å². The Labute approximate surface area is 141 Å². The average molecular weight is 323 g/mol. The van der Waals surface area contributed by atoms with Gasteiger partial charge in [-0.15, -0.1) is 0 Å². The molecule has 2 aromatic rings. The molecule has 0 bridgehead atoms. The van der Waals surface area contributed by atoms with E-state index in [1.807, 2.05) is 35.2 Å². The molecular formula is C19H21N3O2. The van der Waals surface area contributed by atoms with E-state index in [1.54, 1.807) is 12.4 Å². The van der Waals surface area contributed by atoms with E-state index >= 15 is 0 Å². The molecule has 1 fully saturated rings. The van der Waals surface area contributed by atoms with E-state index < -0.39 is 0 Å². The summed E-state index contributed by atoms with van der Waals surface area (Å²) >= 11 is 0. The van der Waals surface area contributed by atoms with E-state index in [0.29, 0.717) is 25.9 Å². The summed E-state index contributed by atoms with van der Waals surface area (Å²) < 4.78 is 0. The van der Waals surface area contributed by atoms with Crippen molar-refractivity contribution in [3.63, 3.8) is 0 Å². The molecule has 0 spiro atoms. The predicted octanol–water partition coefficient (Wildman–Crippen LogP) is 1.58. The Balaban J connectivity index is 1.46. The quantitative estimate of drug-likeness (QED) is 0.878. The monoisotopic (exact) mass is 323 g/mol. The molecule has 5 nitrogen and oxygen atoms in total. The van der Waals surface area contributed by atoms with Crippen LogP contribution in [0, 0.1) is 0 Å². The van der Waals surface area contributed by atoms with E-state index in [1.165, 1.54) is 5.56 Å². The van der Waals surface area contributed by atoms with Crippen LogP contribution in [0.15, 0.2) is 54.9 Å². The summed E-state index contributed by atoms with van der Waals surface area (Å²) in [5.74, 6) is 0.0447. The van der Waals surface area contributed by atoms with Gasteiger partial charge in [0.2, 0.25) is 11.8 Å². The number of aromatic nitrogens is 1. The van der Waals surface area contributed by atoms with Crippen LogP contribution in [0.1, 0.15) is 17.5 Å². The topological polar surface area (TPSA) is 62.3 Å². The molecule has 124 valence electrons. The SMILES string of the molecule is O=C(Cc1cccnc1)NC1CC(=O)N(CCc2ccccc2)C1. The Bertz CT molecular complexity index is 688. The highest BCUT2D eigenvalue weighted by molar-refractivity contribution is 5.83.